The highest BCUT2D eigenvalue weighted by molar-refractivity contribution is 7.89. The molecule has 0 bridgehead atoms. The Bertz CT molecular complexity index is 529. The van der Waals surface area contributed by atoms with Crippen molar-refractivity contribution in [2.75, 3.05) is 33.9 Å². The average molecular weight is 298 g/mol. The van der Waals surface area contributed by atoms with Gasteiger partial charge in [0, 0.05) is 26.7 Å². The van der Waals surface area contributed by atoms with E-state index in [1.54, 1.807) is 31.4 Å². The predicted molar refractivity (Wildman–Crippen MR) is 80.0 cm³/mol. The lowest BCUT2D eigenvalue weighted by Gasteiger charge is -2.20. The highest BCUT2D eigenvalue weighted by Crippen LogP contribution is 2.17. The summed E-state index contributed by atoms with van der Waals surface area (Å²) in [5, 5.41) is 3.01. The first-order valence-electron chi connectivity index (χ1n) is 6.39. The fourth-order valence-corrected chi connectivity index (χ4v) is 3.28. The Hall–Kier alpha value is -1.21. The van der Waals surface area contributed by atoms with Gasteiger partial charge in [-0.3, -0.25) is 0 Å². The van der Waals surface area contributed by atoms with Gasteiger partial charge in [-0.25, -0.2) is 8.42 Å². The van der Waals surface area contributed by atoms with Crippen LogP contribution in [-0.2, 0) is 21.3 Å². The maximum atomic E-state index is 12.6. The lowest BCUT2D eigenvalue weighted by Crippen LogP contribution is -2.34. The fraction of sp³-hybridized carbons (Fsp3) is 0.429. The van der Waals surface area contributed by atoms with E-state index < -0.39 is 10.0 Å². The topological polar surface area (TPSA) is 58.6 Å². The van der Waals surface area contributed by atoms with Crippen LogP contribution in [0.15, 0.2) is 41.8 Å². The monoisotopic (exact) mass is 298 g/mol. The van der Waals surface area contributed by atoms with Crippen molar-refractivity contribution in [1.82, 2.24) is 9.62 Å². The Labute approximate surface area is 121 Å². The molecule has 0 spiro atoms. The number of benzene rings is 1. The van der Waals surface area contributed by atoms with Gasteiger partial charge in [-0.2, -0.15) is 4.31 Å². The molecule has 0 aromatic heterocycles. The summed E-state index contributed by atoms with van der Waals surface area (Å²) in [6, 6.07) is 6.94. The Kier molecular flexibility index (Phi) is 6.87. The van der Waals surface area contributed by atoms with E-state index in [-0.39, 0.29) is 6.54 Å². The van der Waals surface area contributed by atoms with E-state index >= 15 is 0 Å². The Balaban J connectivity index is 3.04. The van der Waals surface area contributed by atoms with Crippen LogP contribution in [0.25, 0.3) is 0 Å². The summed E-state index contributed by atoms with van der Waals surface area (Å²) in [4.78, 5) is 0.295. The van der Waals surface area contributed by atoms with E-state index in [0.29, 0.717) is 24.6 Å². The summed E-state index contributed by atoms with van der Waals surface area (Å²) >= 11 is 0. The second-order valence-corrected chi connectivity index (χ2v) is 6.26. The van der Waals surface area contributed by atoms with E-state index in [2.05, 4.69) is 11.9 Å². The molecule has 0 radical (unpaired) electrons. The van der Waals surface area contributed by atoms with Crippen molar-refractivity contribution < 1.29 is 13.2 Å². The maximum Gasteiger partial charge on any atom is 0.243 e. The van der Waals surface area contributed by atoms with Crippen molar-refractivity contribution in [1.29, 1.82) is 0 Å². The summed E-state index contributed by atoms with van der Waals surface area (Å²) < 4.78 is 31.5. The number of nitrogens with zero attached hydrogens (tertiary/aromatic N) is 1. The van der Waals surface area contributed by atoms with E-state index in [1.807, 2.05) is 13.1 Å². The molecule has 112 valence electrons. The average Bonchev–Trinajstić information content (AvgIpc) is 2.44. The molecule has 0 aliphatic carbocycles. The summed E-state index contributed by atoms with van der Waals surface area (Å²) in [5.41, 5.74) is 0.930. The fourth-order valence-electron chi connectivity index (χ4n) is 1.82. The third kappa shape index (κ3) is 4.42. The minimum atomic E-state index is -3.52. The smallest absolute Gasteiger partial charge is 0.243 e. The molecule has 0 aliphatic heterocycles. The van der Waals surface area contributed by atoms with Crippen LogP contribution >= 0.6 is 0 Å². The second kappa shape index (κ2) is 8.16. The Morgan fingerprint density at radius 2 is 2.20 bits per heavy atom. The van der Waals surface area contributed by atoms with Gasteiger partial charge in [-0.1, -0.05) is 18.2 Å². The van der Waals surface area contributed by atoms with Gasteiger partial charge in [-0.05, 0) is 24.7 Å². The minimum Gasteiger partial charge on any atom is -0.383 e. The van der Waals surface area contributed by atoms with Gasteiger partial charge in [0.2, 0.25) is 10.0 Å². The van der Waals surface area contributed by atoms with Crippen LogP contribution in [0.2, 0.25) is 0 Å². The molecule has 0 saturated heterocycles. The van der Waals surface area contributed by atoms with Gasteiger partial charge >= 0.3 is 0 Å². The molecule has 1 aromatic rings. The molecule has 20 heavy (non-hydrogen) atoms. The lowest BCUT2D eigenvalue weighted by atomic mass is 10.2. The van der Waals surface area contributed by atoms with E-state index in [0.717, 1.165) is 5.56 Å². The first-order valence-corrected chi connectivity index (χ1v) is 7.83. The predicted octanol–water partition coefficient (Wildman–Crippen LogP) is 1.23. The maximum absolute atomic E-state index is 12.6. The Morgan fingerprint density at radius 3 is 2.80 bits per heavy atom. The number of rotatable bonds is 9. The van der Waals surface area contributed by atoms with E-state index in [9.17, 15) is 8.42 Å². The number of hydrogen-bond acceptors (Lipinski definition) is 4. The molecular formula is C14H22N2O3S. The molecule has 0 amide bonds. The van der Waals surface area contributed by atoms with Gasteiger partial charge in [-0.15, -0.1) is 6.58 Å². The SMILES string of the molecule is C=CCN(CCOC)S(=O)(=O)c1cccc(CNC)c1. The second-order valence-electron chi connectivity index (χ2n) is 4.32. The van der Waals surface area contributed by atoms with Crippen LogP contribution in [0.3, 0.4) is 0 Å². The summed E-state index contributed by atoms with van der Waals surface area (Å²) in [6.45, 7) is 5.16. The molecule has 1 aromatic carbocycles. The molecule has 0 atom stereocenters. The zero-order chi connectivity index (χ0) is 15.0. The third-order valence-corrected chi connectivity index (χ3v) is 4.66. The van der Waals surface area contributed by atoms with Crippen molar-refractivity contribution in [3.05, 3.63) is 42.5 Å². The standard InChI is InChI=1S/C14H22N2O3S/c1-4-8-16(9-10-19-3)20(17,18)14-7-5-6-13(11-14)12-15-2/h4-7,11,15H,1,8-10,12H2,2-3H3. The highest BCUT2D eigenvalue weighted by Gasteiger charge is 2.23. The summed E-state index contributed by atoms with van der Waals surface area (Å²) in [6.07, 6.45) is 1.57. The minimum absolute atomic E-state index is 0.266. The van der Waals surface area contributed by atoms with Crippen molar-refractivity contribution in [2.24, 2.45) is 0 Å². The third-order valence-electron chi connectivity index (χ3n) is 2.79. The number of sulfonamides is 1. The van der Waals surface area contributed by atoms with E-state index in [1.165, 1.54) is 4.31 Å². The lowest BCUT2D eigenvalue weighted by molar-refractivity contribution is 0.182. The zero-order valence-corrected chi connectivity index (χ0v) is 12.8. The summed E-state index contributed by atoms with van der Waals surface area (Å²) in [7, 11) is -0.151. The van der Waals surface area contributed by atoms with Crippen LogP contribution in [0.5, 0.6) is 0 Å². The molecule has 0 fully saturated rings. The highest BCUT2D eigenvalue weighted by atomic mass is 32.2. The normalized spacial score (nSPS) is 11.8. The van der Waals surface area contributed by atoms with Gasteiger partial charge in [0.15, 0.2) is 0 Å². The molecule has 1 rings (SSSR count). The van der Waals surface area contributed by atoms with Gasteiger partial charge < -0.3 is 10.1 Å². The van der Waals surface area contributed by atoms with Crippen LogP contribution in [-0.4, -0.2) is 46.6 Å². The first-order chi connectivity index (χ1) is 9.56. The molecule has 0 aliphatic rings. The van der Waals surface area contributed by atoms with Crippen molar-refractivity contribution >= 4 is 10.0 Å². The first kappa shape index (κ1) is 16.8. The van der Waals surface area contributed by atoms with Crippen LogP contribution in [0, 0.1) is 0 Å². The number of hydrogen-bond donors (Lipinski definition) is 1. The molecule has 0 unspecified atom stereocenters. The number of ether oxygens (including phenoxy) is 1. The van der Waals surface area contributed by atoms with E-state index in [4.69, 9.17) is 4.74 Å². The zero-order valence-electron chi connectivity index (χ0n) is 12.0. The van der Waals surface area contributed by atoms with Crippen molar-refractivity contribution in [3.63, 3.8) is 0 Å². The molecule has 5 nitrogen and oxygen atoms in total. The molecule has 6 heteroatoms. The van der Waals surface area contributed by atoms with Crippen LogP contribution in [0.1, 0.15) is 5.56 Å². The van der Waals surface area contributed by atoms with Gasteiger partial charge in [0.1, 0.15) is 0 Å². The molecule has 0 heterocycles. The number of nitrogens with one attached hydrogen (secondary N) is 1. The molecular weight excluding hydrogens is 276 g/mol. The van der Waals surface area contributed by atoms with Crippen LogP contribution < -0.4 is 5.32 Å². The quantitative estimate of drug-likeness (QED) is 0.697. The molecule has 0 saturated carbocycles. The number of methoxy groups -OCH3 is 1. The Morgan fingerprint density at radius 1 is 1.45 bits per heavy atom. The summed E-state index contributed by atoms with van der Waals surface area (Å²) in [5.74, 6) is 0. The van der Waals surface area contributed by atoms with Gasteiger partial charge in [0.25, 0.3) is 0 Å². The van der Waals surface area contributed by atoms with Crippen LogP contribution in [0.4, 0.5) is 0 Å². The molecule has 1 N–H and O–H groups in total. The largest absolute Gasteiger partial charge is 0.383 e. The van der Waals surface area contributed by atoms with Gasteiger partial charge in [0.05, 0.1) is 11.5 Å². The van der Waals surface area contributed by atoms with Crippen molar-refractivity contribution in [3.8, 4) is 0 Å². The van der Waals surface area contributed by atoms with Crippen molar-refractivity contribution in [2.45, 2.75) is 11.4 Å².